The van der Waals surface area contributed by atoms with Crippen molar-refractivity contribution < 1.29 is 0 Å². The summed E-state index contributed by atoms with van der Waals surface area (Å²) in [4.78, 5) is 13.5. The van der Waals surface area contributed by atoms with E-state index in [0.717, 1.165) is 48.5 Å². The fourth-order valence-electron chi connectivity index (χ4n) is 6.11. The summed E-state index contributed by atoms with van der Waals surface area (Å²) >= 11 is 0. The van der Waals surface area contributed by atoms with Gasteiger partial charge in [0.05, 0.1) is 22.8 Å². The van der Waals surface area contributed by atoms with Crippen LogP contribution >= 0.6 is 0 Å². The largest absolute Gasteiger partial charge is 0.367 e. The van der Waals surface area contributed by atoms with Crippen molar-refractivity contribution in [2.75, 3.05) is 31.1 Å². The number of nitrogens with zero attached hydrogens (tertiary/aromatic N) is 4. The molecule has 172 valence electrons. The Hall–Kier alpha value is -3.36. The summed E-state index contributed by atoms with van der Waals surface area (Å²) in [5.74, 6) is 0.588. The summed E-state index contributed by atoms with van der Waals surface area (Å²) in [6.07, 6.45) is 7.13. The molecule has 6 rings (SSSR count). The van der Waals surface area contributed by atoms with Gasteiger partial charge in [-0.3, -0.25) is 9.88 Å². The van der Waals surface area contributed by atoms with Gasteiger partial charge in [0, 0.05) is 60.4 Å². The van der Waals surface area contributed by atoms with Crippen molar-refractivity contribution in [2.45, 2.75) is 44.6 Å². The molecule has 0 spiro atoms. The van der Waals surface area contributed by atoms with Gasteiger partial charge in [-0.1, -0.05) is 18.2 Å². The molecule has 1 saturated heterocycles. The standard InChI is InChI=1S/C29H31N5/c1-20-5-7-23-3-2-4-28(29(23)32-20)34-15-13-33(14-16-34)24-10-8-22(9-11-24)26-19-31-27-12-6-21(18-30)17-25(26)27/h2-7,12,17,19,22,24,31H,8-11,13-16H2,1H3. The minimum Gasteiger partial charge on any atom is -0.367 e. The Bertz CT molecular complexity index is 1360. The second kappa shape index (κ2) is 8.77. The van der Waals surface area contributed by atoms with Crippen LogP contribution in [0.2, 0.25) is 0 Å². The average Bonchev–Trinajstić information content (AvgIpc) is 3.32. The lowest BCUT2D eigenvalue weighted by atomic mass is 9.81. The van der Waals surface area contributed by atoms with Crippen LogP contribution in [0, 0.1) is 18.3 Å². The van der Waals surface area contributed by atoms with Gasteiger partial charge in [0.25, 0.3) is 0 Å². The maximum absolute atomic E-state index is 9.30. The van der Waals surface area contributed by atoms with Gasteiger partial charge in [-0.25, -0.2) is 0 Å². The molecule has 2 aliphatic rings. The zero-order chi connectivity index (χ0) is 23.1. The Balaban J connectivity index is 1.10. The number of H-pyrrole nitrogens is 1. The van der Waals surface area contributed by atoms with E-state index in [1.165, 1.54) is 47.7 Å². The molecule has 0 amide bonds. The Morgan fingerprint density at radius 3 is 2.59 bits per heavy atom. The minimum atomic E-state index is 0.588. The first-order chi connectivity index (χ1) is 16.7. The first-order valence-electron chi connectivity index (χ1n) is 12.6. The van der Waals surface area contributed by atoms with Gasteiger partial charge >= 0.3 is 0 Å². The molecular formula is C29H31N5. The Morgan fingerprint density at radius 2 is 1.79 bits per heavy atom. The molecule has 34 heavy (non-hydrogen) atoms. The highest BCUT2D eigenvalue weighted by Gasteiger charge is 2.30. The molecule has 2 fully saturated rings. The molecule has 4 aromatic rings. The lowest BCUT2D eigenvalue weighted by Crippen LogP contribution is -2.51. The molecule has 0 atom stereocenters. The van der Waals surface area contributed by atoms with E-state index in [1.54, 1.807) is 0 Å². The van der Waals surface area contributed by atoms with Crippen molar-refractivity contribution in [2.24, 2.45) is 0 Å². The third-order valence-electron chi connectivity index (χ3n) is 7.99. The number of aryl methyl sites for hydroxylation is 1. The predicted molar refractivity (Wildman–Crippen MR) is 138 cm³/mol. The highest BCUT2D eigenvalue weighted by Crippen LogP contribution is 2.38. The van der Waals surface area contributed by atoms with Gasteiger partial charge in [-0.15, -0.1) is 0 Å². The van der Waals surface area contributed by atoms with Gasteiger partial charge in [-0.2, -0.15) is 5.26 Å². The molecule has 2 aromatic heterocycles. The first kappa shape index (κ1) is 21.2. The van der Waals surface area contributed by atoms with Gasteiger partial charge < -0.3 is 9.88 Å². The van der Waals surface area contributed by atoms with Crippen LogP contribution in [0.15, 0.2) is 54.7 Å². The fourth-order valence-corrected chi connectivity index (χ4v) is 6.11. The Kier molecular flexibility index (Phi) is 5.47. The molecule has 5 heteroatoms. The first-order valence-corrected chi connectivity index (χ1v) is 12.6. The number of anilines is 1. The number of aromatic amines is 1. The molecule has 1 saturated carbocycles. The van der Waals surface area contributed by atoms with E-state index >= 15 is 0 Å². The average molecular weight is 450 g/mol. The quantitative estimate of drug-likeness (QED) is 0.433. The molecule has 5 nitrogen and oxygen atoms in total. The summed E-state index contributed by atoms with van der Waals surface area (Å²) in [6, 6.07) is 19.8. The fraction of sp³-hybridized carbons (Fsp3) is 0.379. The second-order valence-corrected chi connectivity index (χ2v) is 9.95. The summed E-state index contributed by atoms with van der Waals surface area (Å²) in [5.41, 5.74) is 6.78. The summed E-state index contributed by atoms with van der Waals surface area (Å²) in [5, 5.41) is 11.8. The zero-order valence-corrected chi connectivity index (χ0v) is 19.8. The number of aromatic nitrogens is 2. The van der Waals surface area contributed by atoms with Gasteiger partial charge in [0.2, 0.25) is 0 Å². The van der Waals surface area contributed by atoms with Crippen LogP contribution in [0.5, 0.6) is 0 Å². The van der Waals surface area contributed by atoms with Crippen molar-refractivity contribution in [3.8, 4) is 6.07 Å². The Labute approximate surface area is 201 Å². The number of hydrogen-bond acceptors (Lipinski definition) is 4. The van der Waals surface area contributed by atoms with Crippen molar-refractivity contribution >= 4 is 27.5 Å². The molecule has 0 unspecified atom stereocenters. The van der Waals surface area contributed by atoms with Crippen LogP contribution in [0.1, 0.15) is 48.4 Å². The van der Waals surface area contributed by atoms with E-state index in [-0.39, 0.29) is 0 Å². The number of fused-ring (bicyclic) bond motifs is 2. The molecule has 0 bridgehead atoms. The number of nitriles is 1. The predicted octanol–water partition coefficient (Wildman–Crippen LogP) is 5.74. The monoisotopic (exact) mass is 449 g/mol. The number of rotatable bonds is 3. The van der Waals surface area contributed by atoms with Crippen LogP contribution in [0.3, 0.4) is 0 Å². The lowest BCUT2D eigenvalue weighted by Gasteiger charge is -2.42. The lowest BCUT2D eigenvalue weighted by molar-refractivity contribution is 0.141. The van der Waals surface area contributed by atoms with E-state index < -0.39 is 0 Å². The van der Waals surface area contributed by atoms with E-state index in [9.17, 15) is 5.26 Å². The second-order valence-electron chi connectivity index (χ2n) is 9.95. The highest BCUT2D eigenvalue weighted by atomic mass is 15.3. The van der Waals surface area contributed by atoms with Crippen LogP contribution < -0.4 is 4.90 Å². The number of nitrogens with one attached hydrogen (secondary N) is 1. The summed E-state index contributed by atoms with van der Waals surface area (Å²) in [6.45, 7) is 6.44. The topological polar surface area (TPSA) is 59.0 Å². The highest BCUT2D eigenvalue weighted by molar-refractivity contribution is 5.91. The van der Waals surface area contributed by atoms with Gasteiger partial charge in [0.15, 0.2) is 0 Å². The van der Waals surface area contributed by atoms with E-state index in [2.05, 4.69) is 70.4 Å². The molecule has 3 heterocycles. The molecule has 1 aliphatic heterocycles. The number of pyridine rings is 1. The maximum Gasteiger partial charge on any atom is 0.0991 e. The third-order valence-corrected chi connectivity index (χ3v) is 7.99. The molecular weight excluding hydrogens is 418 g/mol. The number of para-hydroxylation sites is 1. The maximum atomic E-state index is 9.30. The molecule has 2 aromatic carbocycles. The zero-order valence-electron chi connectivity index (χ0n) is 19.8. The molecule has 1 aliphatic carbocycles. The minimum absolute atomic E-state index is 0.588. The van der Waals surface area contributed by atoms with Crippen molar-refractivity contribution in [1.82, 2.24) is 14.9 Å². The smallest absolute Gasteiger partial charge is 0.0991 e. The summed E-state index contributed by atoms with van der Waals surface area (Å²) < 4.78 is 0. The number of piperazine rings is 1. The number of hydrogen-bond donors (Lipinski definition) is 1. The van der Waals surface area contributed by atoms with Gasteiger partial charge in [0.1, 0.15) is 0 Å². The van der Waals surface area contributed by atoms with E-state index in [4.69, 9.17) is 4.98 Å². The van der Waals surface area contributed by atoms with Crippen molar-refractivity contribution in [1.29, 1.82) is 5.26 Å². The number of benzene rings is 2. The van der Waals surface area contributed by atoms with Crippen LogP contribution in [-0.4, -0.2) is 47.1 Å². The van der Waals surface area contributed by atoms with Gasteiger partial charge in [-0.05, 0) is 74.4 Å². The van der Waals surface area contributed by atoms with Crippen LogP contribution in [-0.2, 0) is 0 Å². The Morgan fingerprint density at radius 1 is 0.971 bits per heavy atom. The SMILES string of the molecule is Cc1ccc2cccc(N3CCN(C4CCC(c5c[nH]c6ccc(C#N)cc56)CC4)CC3)c2n1. The normalized spacial score (nSPS) is 21.7. The molecule has 1 N–H and O–H groups in total. The van der Waals surface area contributed by atoms with Crippen LogP contribution in [0.25, 0.3) is 21.8 Å². The molecule has 0 radical (unpaired) electrons. The van der Waals surface area contributed by atoms with Crippen molar-refractivity contribution in [3.05, 3.63) is 71.5 Å². The van der Waals surface area contributed by atoms with Crippen molar-refractivity contribution in [3.63, 3.8) is 0 Å². The summed E-state index contributed by atoms with van der Waals surface area (Å²) in [7, 11) is 0. The van der Waals surface area contributed by atoms with E-state index in [1.807, 2.05) is 12.1 Å². The van der Waals surface area contributed by atoms with Crippen LogP contribution in [0.4, 0.5) is 5.69 Å². The third kappa shape index (κ3) is 3.82. The van der Waals surface area contributed by atoms with E-state index in [0.29, 0.717) is 12.0 Å².